The smallest absolute Gasteiger partial charge is 0.302 e. The van der Waals surface area contributed by atoms with Gasteiger partial charge in [-0.25, -0.2) is 0 Å². The molecule has 0 atom stereocenters. The Morgan fingerprint density at radius 3 is 2.64 bits per heavy atom. The molecule has 4 heteroatoms. The predicted octanol–water partition coefficient (Wildman–Crippen LogP) is 3.78. The van der Waals surface area contributed by atoms with Crippen molar-refractivity contribution in [2.24, 2.45) is 0 Å². The van der Waals surface area contributed by atoms with Crippen molar-refractivity contribution in [1.82, 2.24) is 0 Å². The van der Waals surface area contributed by atoms with Gasteiger partial charge in [0, 0.05) is 42.9 Å². The van der Waals surface area contributed by atoms with E-state index >= 15 is 0 Å². The third kappa shape index (κ3) is 3.50. The molecule has 0 aliphatic carbocycles. The van der Waals surface area contributed by atoms with Crippen LogP contribution in [0.2, 0.25) is 0 Å². The molecule has 2 rings (SSSR count). The van der Waals surface area contributed by atoms with Gasteiger partial charge < -0.3 is 14.4 Å². The van der Waals surface area contributed by atoms with E-state index in [4.69, 9.17) is 9.47 Å². The molecule has 1 aromatic carbocycles. The van der Waals surface area contributed by atoms with E-state index in [1.807, 2.05) is 31.2 Å². The fourth-order valence-corrected chi connectivity index (χ4v) is 2.49. The van der Waals surface area contributed by atoms with Gasteiger partial charge in [-0.15, -0.1) is 0 Å². The molecule has 0 saturated carbocycles. The molecule has 0 spiro atoms. The van der Waals surface area contributed by atoms with Crippen LogP contribution in [0, 0.1) is 0 Å². The molecule has 0 N–H and O–H groups in total. The first-order valence-corrected chi connectivity index (χ1v) is 7.66. The minimum absolute atomic E-state index is 0.258. The van der Waals surface area contributed by atoms with Crippen molar-refractivity contribution >= 4 is 17.2 Å². The van der Waals surface area contributed by atoms with Crippen molar-refractivity contribution in [1.29, 1.82) is 0 Å². The lowest BCUT2D eigenvalue weighted by Gasteiger charge is -2.25. The van der Waals surface area contributed by atoms with Crippen LogP contribution >= 0.6 is 0 Å². The second kappa shape index (κ2) is 7.16. The molecule has 0 saturated heterocycles. The topological polar surface area (TPSA) is 38.8 Å². The summed E-state index contributed by atoms with van der Waals surface area (Å²) in [6.07, 6.45) is 3.82. The van der Waals surface area contributed by atoms with Gasteiger partial charge in [-0.3, -0.25) is 4.79 Å². The Balaban J connectivity index is 2.37. The van der Waals surface area contributed by atoms with Gasteiger partial charge in [0.2, 0.25) is 0 Å². The summed E-state index contributed by atoms with van der Waals surface area (Å²) >= 11 is 0. The second-order valence-corrected chi connectivity index (χ2v) is 5.10. The first-order valence-electron chi connectivity index (χ1n) is 7.66. The highest BCUT2D eigenvalue weighted by molar-refractivity contribution is 5.79. The number of fused-ring (bicyclic) bond motifs is 1. The highest BCUT2D eigenvalue weighted by Crippen LogP contribution is 2.36. The fourth-order valence-electron chi connectivity index (χ4n) is 2.49. The number of carbonyl (C=O) groups is 1. The lowest BCUT2D eigenvalue weighted by Crippen LogP contribution is -2.22. The Hall–Kier alpha value is -2.23. The molecular weight excluding hydrogens is 278 g/mol. The van der Waals surface area contributed by atoms with E-state index in [-0.39, 0.29) is 12.6 Å². The molecule has 0 unspecified atom stereocenters. The highest BCUT2D eigenvalue weighted by Gasteiger charge is 2.19. The van der Waals surface area contributed by atoms with Gasteiger partial charge in [0.25, 0.3) is 0 Å². The molecular formula is C18H23NO3. The van der Waals surface area contributed by atoms with E-state index in [0.717, 1.165) is 41.4 Å². The molecule has 1 aromatic rings. The molecule has 22 heavy (non-hydrogen) atoms. The lowest BCUT2D eigenvalue weighted by molar-refractivity contribution is -0.139. The van der Waals surface area contributed by atoms with E-state index in [2.05, 4.69) is 24.8 Å². The number of anilines is 1. The normalized spacial score (nSPS) is 14.9. The second-order valence-electron chi connectivity index (χ2n) is 5.10. The summed E-state index contributed by atoms with van der Waals surface area (Å²) in [6.45, 7) is 9.76. The van der Waals surface area contributed by atoms with Crippen LogP contribution in [0.25, 0.3) is 5.57 Å². The molecule has 1 aliphatic rings. The van der Waals surface area contributed by atoms with Gasteiger partial charge in [0.05, 0.1) is 0 Å². The highest BCUT2D eigenvalue weighted by atomic mass is 16.5. The first-order chi connectivity index (χ1) is 10.6. The molecule has 0 fully saturated rings. The maximum absolute atomic E-state index is 11.1. The number of benzene rings is 1. The van der Waals surface area contributed by atoms with Crippen LogP contribution in [-0.2, 0) is 9.53 Å². The third-order valence-electron chi connectivity index (χ3n) is 3.70. The predicted molar refractivity (Wildman–Crippen MR) is 89.0 cm³/mol. The van der Waals surface area contributed by atoms with Crippen LogP contribution in [0.4, 0.5) is 5.69 Å². The van der Waals surface area contributed by atoms with Gasteiger partial charge >= 0.3 is 5.97 Å². The molecule has 1 heterocycles. The van der Waals surface area contributed by atoms with E-state index in [1.165, 1.54) is 6.92 Å². The van der Waals surface area contributed by atoms with Crippen molar-refractivity contribution < 1.29 is 14.3 Å². The quantitative estimate of drug-likeness (QED) is 0.776. The van der Waals surface area contributed by atoms with Crippen molar-refractivity contribution in [3.8, 4) is 5.75 Å². The third-order valence-corrected chi connectivity index (χ3v) is 3.70. The summed E-state index contributed by atoms with van der Waals surface area (Å²) in [4.78, 5) is 13.3. The minimum Gasteiger partial charge on any atom is -0.461 e. The van der Waals surface area contributed by atoms with E-state index in [9.17, 15) is 4.79 Å². The molecule has 4 nitrogen and oxygen atoms in total. The number of allylic oxidation sites excluding steroid dienone is 2. The Labute approximate surface area is 132 Å². The summed E-state index contributed by atoms with van der Waals surface area (Å²) in [5.74, 6) is 1.30. The summed E-state index contributed by atoms with van der Waals surface area (Å²) in [5, 5.41) is 0. The molecule has 1 aliphatic heterocycles. The maximum atomic E-state index is 11.1. The fraction of sp³-hybridized carbons (Fsp3) is 0.389. The zero-order chi connectivity index (χ0) is 16.1. The summed E-state index contributed by atoms with van der Waals surface area (Å²) < 4.78 is 11.1. The maximum Gasteiger partial charge on any atom is 0.302 e. The Morgan fingerprint density at radius 1 is 1.32 bits per heavy atom. The van der Waals surface area contributed by atoms with Crippen LogP contribution in [0.15, 0.2) is 36.1 Å². The zero-order valence-corrected chi connectivity index (χ0v) is 13.7. The van der Waals surface area contributed by atoms with Crippen LogP contribution in [0.1, 0.15) is 33.3 Å². The van der Waals surface area contributed by atoms with Gasteiger partial charge in [-0.2, -0.15) is 0 Å². The number of rotatable bonds is 5. The van der Waals surface area contributed by atoms with E-state index < -0.39 is 0 Å². The number of esters is 1. The molecule has 0 aromatic heterocycles. The summed E-state index contributed by atoms with van der Waals surface area (Å²) in [5.41, 5.74) is 3.06. The standard InChI is InChI=1S/C18H23NO3/c1-5-16-10-14(12-21-13(4)20)17-9-8-15(11-18(17)22-16)19(6-2)7-3/h5,8-11H,6-7,12H2,1-4H3/b16-5+. The Morgan fingerprint density at radius 2 is 2.05 bits per heavy atom. The monoisotopic (exact) mass is 301 g/mol. The number of hydrogen-bond acceptors (Lipinski definition) is 4. The van der Waals surface area contributed by atoms with Crippen molar-refractivity contribution in [3.05, 3.63) is 41.7 Å². The lowest BCUT2D eigenvalue weighted by atomic mass is 10.0. The van der Waals surface area contributed by atoms with Crippen LogP contribution in [0.3, 0.4) is 0 Å². The number of hydrogen-bond donors (Lipinski definition) is 0. The van der Waals surface area contributed by atoms with Crippen LogP contribution in [0.5, 0.6) is 5.75 Å². The molecule has 0 amide bonds. The minimum atomic E-state index is -0.282. The van der Waals surface area contributed by atoms with Gasteiger partial charge in [0.1, 0.15) is 18.1 Å². The molecule has 118 valence electrons. The zero-order valence-electron chi connectivity index (χ0n) is 13.7. The summed E-state index contributed by atoms with van der Waals surface area (Å²) in [6, 6.07) is 6.16. The van der Waals surface area contributed by atoms with Gasteiger partial charge in [-0.1, -0.05) is 0 Å². The average Bonchev–Trinajstić information content (AvgIpc) is 2.53. The van der Waals surface area contributed by atoms with E-state index in [1.54, 1.807) is 0 Å². The molecule has 0 radical (unpaired) electrons. The van der Waals surface area contributed by atoms with Crippen LogP contribution in [-0.4, -0.2) is 25.7 Å². The van der Waals surface area contributed by atoms with E-state index in [0.29, 0.717) is 0 Å². The van der Waals surface area contributed by atoms with Gasteiger partial charge in [-0.05, 0) is 45.1 Å². The molecule has 0 bridgehead atoms. The first kappa shape index (κ1) is 16.1. The van der Waals surface area contributed by atoms with Crippen molar-refractivity contribution in [2.45, 2.75) is 27.7 Å². The van der Waals surface area contributed by atoms with Crippen molar-refractivity contribution in [2.75, 3.05) is 24.6 Å². The number of carbonyl (C=O) groups excluding carboxylic acids is 1. The Kier molecular flexibility index (Phi) is 5.26. The van der Waals surface area contributed by atoms with Crippen LogP contribution < -0.4 is 9.64 Å². The average molecular weight is 301 g/mol. The Bertz CT molecular complexity index is 613. The van der Waals surface area contributed by atoms with Gasteiger partial charge in [0.15, 0.2) is 0 Å². The number of nitrogens with zero attached hydrogens (tertiary/aromatic N) is 1. The van der Waals surface area contributed by atoms with Crippen molar-refractivity contribution in [3.63, 3.8) is 0 Å². The largest absolute Gasteiger partial charge is 0.461 e. The SMILES string of the molecule is C/C=C1\C=C(COC(C)=O)c2ccc(N(CC)CC)cc2O1. The number of ether oxygens (including phenoxy) is 2. The summed E-state index contributed by atoms with van der Waals surface area (Å²) in [7, 11) is 0.